The van der Waals surface area contributed by atoms with Crippen LogP contribution >= 0.6 is 0 Å². The van der Waals surface area contributed by atoms with E-state index in [0.29, 0.717) is 31.9 Å². The predicted octanol–water partition coefficient (Wildman–Crippen LogP) is 2.23. The highest BCUT2D eigenvalue weighted by atomic mass is 16.6. The van der Waals surface area contributed by atoms with Gasteiger partial charge in [0.25, 0.3) is 0 Å². The van der Waals surface area contributed by atoms with Crippen molar-refractivity contribution >= 4 is 0 Å². The summed E-state index contributed by atoms with van der Waals surface area (Å²) >= 11 is 0. The third-order valence-electron chi connectivity index (χ3n) is 5.68. The Bertz CT molecular complexity index is 1060. The minimum atomic E-state index is -0.0764. The van der Waals surface area contributed by atoms with E-state index in [1.54, 1.807) is 6.07 Å². The van der Waals surface area contributed by atoms with E-state index in [-0.39, 0.29) is 24.3 Å². The Morgan fingerprint density at radius 1 is 1.10 bits per heavy atom. The largest absolute Gasteiger partial charge is 0.487 e. The van der Waals surface area contributed by atoms with Crippen LogP contribution in [0.25, 0.3) is 0 Å². The molecule has 8 heteroatoms. The van der Waals surface area contributed by atoms with Gasteiger partial charge in [-0.3, -0.25) is 0 Å². The second-order valence-electron chi connectivity index (χ2n) is 7.75. The van der Waals surface area contributed by atoms with Crippen molar-refractivity contribution in [1.29, 1.82) is 5.26 Å². The molecule has 2 aliphatic rings. The lowest BCUT2D eigenvalue weighted by atomic mass is 10.1. The van der Waals surface area contributed by atoms with Crippen LogP contribution in [0.15, 0.2) is 60.8 Å². The van der Waals surface area contributed by atoms with E-state index in [4.69, 9.17) is 19.5 Å². The molecular formula is C23H23N5O3. The minimum Gasteiger partial charge on any atom is -0.487 e. The predicted molar refractivity (Wildman–Crippen MR) is 111 cm³/mol. The summed E-state index contributed by atoms with van der Waals surface area (Å²) in [5, 5.41) is 21.1. The lowest BCUT2D eigenvalue weighted by Crippen LogP contribution is -2.40. The number of fused-ring (bicyclic) bond motifs is 1. The van der Waals surface area contributed by atoms with Crippen molar-refractivity contribution in [2.24, 2.45) is 0 Å². The molecule has 0 unspecified atom stereocenters. The lowest BCUT2D eigenvalue weighted by Gasteiger charge is -2.18. The summed E-state index contributed by atoms with van der Waals surface area (Å²) in [6.45, 7) is 2.12. The normalized spacial score (nSPS) is 24.6. The molecule has 8 nitrogen and oxygen atoms in total. The van der Waals surface area contributed by atoms with E-state index in [1.807, 2.05) is 59.4 Å². The van der Waals surface area contributed by atoms with Crippen LogP contribution in [0.1, 0.15) is 22.9 Å². The smallest absolute Gasteiger partial charge is 0.134 e. The van der Waals surface area contributed by atoms with Crippen molar-refractivity contribution in [2.45, 2.75) is 37.4 Å². The molecule has 1 aromatic heterocycles. The van der Waals surface area contributed by atoms with Gasteiger partial charge in [-0.1, -0.05) is 35.5 Å². The standard InChI is InChI=1S/C23H23N5O3/c24-10-16-5-4-6-17(9-16)11-25-20-14-30-23-21(15-31-22(20)23)28-12-18(26-27-28)13-29-19-7-2-1-3-8-19/h1-9,12,20-23,25H,11,13-15H2/t20-,21-,22+,23+/m0/s1. The van der Waals surface area contributed by atoms with E-state index in [9.17, 15) is 0 Å². The van der Waals surface area contributed by atoms with Crippen LogP contribution in [0, 0.1) is 11.3 Å². The van der Waals surface area contributed by atoms with E-state index in [0.717, 1.165) is 17.0 Å². The topological polar surface area (TPSA) is 94.2 Å². The zero-order valence-corrected chi connectivity index (χ0v) is 16.9. The van der Waals surface area contributed by atoms with Crippen LogP contribution in [0.3, 0.4) is 0 Å². The summed E-state index contributed by atoms with van der Waals surface area (Å²) in [6.07, 6.45) is 1.78. The molecule has 0 spiro atoms. The minimum absolute atomic E-state index is 0.0170. The van der Waals surface area contributed by atoms with Crippen LogP contribution in [0.5, 0.6) is 5.75 Å². The number of hydrogen-bond acceptors (Lipinski definition) is 7. The fraction of sp³-hybridized carbons (Fsp3) is 0.348. The van der Waals surface area contributed by atoms with E-state index in [2.05, 4.69) is 21.7 Å². The molecule has 1 N–H and O–H groups in total. The first-order chi connectivity index (χ1) is 15.3. The van der Waals surface area contributed by atoms with E-state index < -0.39 is 0 Å². The van der Waals surface area contributed by atoms with Gasteiger partial charge in [-0.15, -0.1) is 5.10 Å². The summed E-state index contributed by atoms with van der Waals surface area (Å²) in [6, 6.07) is 19.5. The molecule has 3 heterocycles. The Labute approximate surface area is 180 Å². The van der Waals surface area contributed by atoms with Gasteiger partial charge in [0.1, 0.15) is 36.3 Å². The lowest BCUT2D eigenvalue weighted by molar-refractivity contribution is 0.0619. The summed E-state index contributed by atoms with van der Waals surface area (Å²) in [4.78, 5) is 0. The van der Waals surface area contributed by atoms with Crippen LogP contribution in [0.4, 0.5) is 0 Å². The van der Waals surface area contributed by atoms with E-state index >= 15 is 0 Å². The van der Waals surface area contributed by atoms with Gasteiger partial charge in [0.2, 0.25) is 0 Å². The molecule has 0 bridgehead atoms. The van der Waals surface area contributed by atoms with Gasteiger partial charge in [-0.2, -0.15) is 5.26 Å². The van der Waals surface area contributed by atoms with Crippen LogP contribution < -0.4 is 10.1 Å². The van der Waals surface area contributed by atoms with Gasteiger partial charge in [0.05, 0.1) is 37.1 Å². The molecule has 158 valence electrons. The summed E-state index contributed by atoms with van der Waals surface area (Å²) in [7, 11) is 0. The fourth-order valence-electron chi connectivity index (χ4n) is 4.10. The number of benzene rings is 2. The molecule has 31 heavy (non-hydrogen) atoms. The van der Waals surface area contributed by atoms with Crippen LogP contribution in [0.2, 0.25) is 0 Å². The monoisotopic (exact) mass is 417 g/mol. The Balaban J connectivity index is 1.17. The maximum Gasteiger partial charge on any atom is 0.134 e. The SMILES string of the molecule is N#Cc1cccc(CN[C@H]2CO[C@H]3[C@@H]2OC[C@@H]3n2cc(COc3ccccc3)nn2)c1. The molecule has 0 radical (unpaired) electrons. The molecular weight excluding hydrogens is 394 g/mol. The highest BCUT2D eigenvalue weighted by Crippen LogP contribution is 2.34. The third-order valence-corrected chi connectivity index (χ3v) is 5.68. The average molecular weight is 417 g/mol. The number of nitrogens with one attached hydrogen (secondary N) is 1. The number of nitriles is 1. The molecule has 0 aliphatic carbocycles. The van der Waals surface area contributed by atoms with Gasteiger partial charge >= 0.3 is 0 Å². The van der Waals surface area contributed by atoms with Gasteiger partial charge in [-0.25, -0.2) is 4.68 Å². The second kappa shape index (κ2) is 8.86. The molecule has 2 aliphatic heterocycles. The maximum absolute atomic E-state index is 9.06. The fourth-order valence-corrected chi connectivity index (χ4v) is 4.10. The first-order valence-electron chi connectivity index (χ1n) is 10.3. The average Bonchev–Trinajstić information content (AvgIpc) is 3.54. The van der Waals surface area contributed by atoms with Crippen molar-refractivity contribution in [3.8, 4) is 11.8 Å². The van der Waals surface area contributed by atoms with Crippen molar-refractivity contribution < 1.29 is 14.2 Å². The molecule has 2 fully saturated rings. The second-order valence-corrected chi connectivity index (χ2v) is 7.75. The number of para-hydroxylation sites is 1. The number of hydrogen-bond donors (Lipinski definition) is 1. The Morgan fingerprint density at radius 2 is 1.97 bits per heavy atom. The Kier molecular flexibility index (Phi) is 5.63. The zero-order valence-electron chi connectivity index (χ0n) is 16.9. The number of aromatic nitrogens is 3. The highest BCUT2D eigenvalue weighted by molar-refractivity contribution is 5.32. The number of ether oxygens (including phenoxy) is 3. The van der Waals surface area contributed by atoms with Gasteiger partial charge in [0.15, 0.2) is 0 Å². The molecule has 2 aromatic carbocycles. The highest BCUT2D eigenvalue weighted by Gasteiger charge is 2.48. The summed E-state index contributed by atoms with van der Waals surface area (Å²) < 4.78 is 19.7. The molecule has 3 aromatic rings. The third kappa shape index (κ3) is 4.30. The molecule has 5 rings (SSSR count). The molecule has 0 amide bonds. The molecule has 4 atom stereocenters. The van der Waals surface area contributed by atoms with Crippen molar-refractivity contribution in [3.63, 3.8) is 0 Å². The molecule has 0 saturated carbocycles. The number of nitrogens with zero attached hydrogens (tertiary/aromatic N) is 4. The maximum atomic E-state index is 9.06. The van der Waals surface area contributed by atoms with Gasteiger partial charge < -0.3 is 19.5 Å². The zero-order chi connectivity index (χ0) is 21.0. The first kappa shape index (κ1) is 19.7. The van der Waals surface area contributed by atoms with E-state index in [1.165, 1.54) is 0 Å². The first-order valence-corrected chi connectivity index (χ1v) is 10.3. The van der Waals surface area contributed by atoms with Gasteiger partial charge in [0, 0.05) is 6.54 Å². The van der Waals surface area contributed by atoms with Crippen LogP contribution in [-0.2, 0) is 22.6 Å². The van der Waals surface area contributed by atoms with Crippen LogP contribution in [-0.4, -0.2) is 46.5 Å². The number of rotatable bonds is 7. The quantitative estimate of drug-likeness (QED) is 0.630. The Morgan fingerprint density at radius 3 is 2.84 bits per heavy atom. The summed E-state index contributed by atoms with van der Waals surface area (Å²) in [5.74, 6) is 0.801. The molecule has 2 saturated heterocycles. The summed E-state index contributed by atoms with van der Waals surface area (Å²) in [5.41, 5.74) is 2.49. The Hall–Kier alpha value is -3.25. The van der Waals surface area contributed by atoms with Crippen molar-refractivity contribution in [3.05, 3.63) is 77.6 Å². The van der Waals surface area contributed by atoms with Crippen molar-refractivity contribution in [1.82, 2.24) is 20.3 Å². The van der Waals surface area contributed by atoms with Crippen molar-refractivity contribution in [2.75, 3.05) is 13.2 Å². The van der Waals surface area contributed by atoms with Gasteiger partial charge in [-0.05, 0) is 29.8 Å².